The molecule has 4 rings (SSSR count). The van der Waals surface area contributed by atoms with Crippen LogP contribution in [0, 0.1) is 5.92 Å². The molecule has 1 amide bonds. The third kappa shape index (κ3) is 3.26. The molecule has 0 aromatic carbocycles. The van der Waals surface area contributed by atoms with Crippen LogP contribution in [0.5, 0.6) is 0 Å². The van der Waals surface area contributed by atoms with Gasteiger partial charge in [-0.1, -0.05) is 19.3 Å². The van der Waals surface area contributed by atoms with E-state index in [9.17, 15) is 14.4 Å². The Kier molecular flexibility index (Phi) is 5.05. The Hall–Kier alpha value is -2.48. The highest BCUT2D eigenvalue weighted by Gasteiger charge is 2.31. The van der Waals surface area contributed by atoms with Gasteiger partial charge in [-0.05, 0) is 25.0 Å². The fraction of sp³-hybridized carbons (Fsp3) is 0.600. The number of amides is 1. The molecule has 0 bridgehead atoms. The van der Waals surface area contributed by atoms with Gasteiger partial charge in [-0.15, -0.1) is 0 Å². The van der Waals surface area contributed by atoms with Crippen LogP contribution in [0.15, 0.2) is 21.7 Å². The van der Waals surface area contributed by atoms with Crippen LogP contribution in [0.1, 0.15) is 43.9 Å². The third-order valence-electron chi connectivity index (χ3n) is 5.99. The Balaban J connectivity index is 1.61. The molecule has 1 saturated heterocycles. The normalized spacial score (nSPS) is 21.2. The molecule has 2 fully saturated rings. The molecule has 2 aromatic heterocycles. The lowest BCUT2D eigenvalue weighted by Crippen LogP contribution is -2.45. The van der Waals surface area contributed by atoms with Gasteiger partial charge in [0.1, 0.15) is 11.8 Å². The number of aromatic nitrogens is 3. The van der Waals surface area contributed by atoms with Gasteiger partial charge in [-0.25, -0.2) is 9.78 Å². The molecule has 0 N–H and O–H groups in total. The van der Waals surface area contributed by atoms with E-state index in [1.165, 1.54) is 18.0 Å². The summed E-state index contributed by atoms with van der Waals surface area (Å²) in [5, 5.41) is 0.388. The summed E-state index contributed by atoms with van der Waals surface area (Å²) in [5.41, 5.74) is 0.193. The zero-order valence-corrected chi connectivity index (χ0v) is 16.4. The zero-order chi connectivity index (χ0) is 19.8. The number of aryl methyl sites for hydroxylation is 1. The number of hydrogen-bond acceptors (Lipinski definition) is 5. The second kappa shape index (κ2) is 7.50. The molecule has 0 spiro atoms. The summed E-state index contributed by atoms with van der Waals surface area (Å²) in [5.74, 6) is 0.343. The predicted octanol–water partition coefficient (Wildman–Crippen LogP) is 1.11. The number of morpholine rings is 1. The molecule has 8 nitrogen and oxygen atoms in total. The molecule has 3 heterocycles. The molecule has 150 valence electrons. The molecule has 0 radical (unpaired) electrons. The van der Waals surface area contributed by atoms with Crippen molar-refractivity contribution in [2.24, 2.45) is 20.0 Å². The van der Waals surface area contributed by atoms with E-state index in [2.05, 4.69) is 4.98 Å². The van der Waals surface area contributed by atoms with Crippen molar-refractivity contribution in [2.45, 2.75) is 38.2 Å². The minimum absolute atomic E-state index is 0.126. The van der Waals surface area contributed by atoms with E-state index in [0.29, 0.717) is 36.4 Å². The minimum atomic E-state index is -0.416. The van der Waals surface area contributed by atoms with Crippen molar-refractivity contribution in [1.29, 1.82) is 0 Å². The van der Waals surface area contributed by atoms with Crippen molar-refractivity contribution in [1.82, 2.24) is 19.0 Å². The summed E-state index contributed by atoms with van der Waals surface area (Å²) in [6.07, 6.45) is 5.05. The topological polar surface area (TPSA) is 86.4 Å². The van der Waals surface area contributed by atoms with Crippen molar-refractivity contribution < 1.29 is 9.53 Å². The van der Waals surface area contributed by atoms with Gasteiger partial charge in [0.15, 0.2) is 0 Å². The fourth-order valence-corrected chi connectivity index (χ4v) is 4.28. The van der Waals surface area contributed by atoms with Gasteiger partial charge in [-0.2, -0.15) is 0 Å². The molecule has 1 atom stereocenters. The summed E-state index contributed by atoms with van der Waals surface area (Å²) < 4.78 is 8.32. The zero-order valence-electron chi connectivity index (χ0n) is 16.4. The largest absolute Gasteiger partial charge is 0.368 e. The number of ether oxygens (including phenoxy) is 1. The number of fused-ring (bicyclic) bond motifs is 1. The van der Waals surface area contributed by atoms with Gasteiger partial charge in [0.05, 0.1) is 24.2 Å². The van der Waals surface area contributed by atoms with Crippen LogP contribution in [-0.4, -0.2) is 44.6 Å². The first kappa shape index (κ1) is 18.9. The Morgan fingerprint density at radius 1 is 1.11 bits per heavy atom. The number of carbonyl (C=O) groups excluding carboxylic acids is 1. The lowest BCUT2D eigenvalue weighted by Gasteiger charge is -2.35. The van der Waals surface area contributed by atoms with Gasteiger partial charge >= 0.3 is 5.69 Å². The van der Waals surface area contributed by atoms with E-state index in [1.54, 1.807) is 19.2 Å². The molecule has 1 aliphatic carbocycles. The Bertz CT molecular complexity index is 1020. The monoisotopic (exact) mass is 386 g/mol. The van der Waals surface area contributed by atoms with E-state index in [0.717, 1.165) is 30.3 Å². The molecular weight excluding hydrogens is 360 g/mol. The summed E-state index contributed by atoms with van der Waals surface area (Å²) in [6.45, 7) is 1.50. The smallest absolute Gasteiger partial charge is 0.332 e. The lowest BCUT2D eigenvalue weighted by molar-refractivity contribution is -0.144. The Morgan fingerprint density at radius 2 is 1.86 bits per heavy atom. The summed E-state index contributed by atoms with van der Waals surface area (Å²) in [4.78, 5) is 43.9. The first-order valence-electron chi connectivity index (χ1n) is 9.94. The second-order valence-electron chi connectivity index (χ2n) is 7.79. The summed E-state index contributed by atoms with van der Waals surface area (Å²) in [6, 6.07) is 3.44. The Labute approximate surface area is 162 Å². The molecular formula is C20H26N4O4. The third-order valence-corrected chi connectivity index (χ3v) is 5.99. The van der Waals surface area contributed by atoms with E-state index >= 15 is 0 Å². The molecule has 0 unspecified atom stereocenters. The maximum atomic E-state index is 12.9. The van der Waals surface area contributed by atoms with Crippen molar-refractivity contribution in [3.05, 3.63) is 38.7 Å². The standard InChI is InChI=1S/C20H26N4O4/c1-22-17-14(19(26)23(2)20(22)27)8-9-15(21-17)16-12-24(10-11-28-16)18(25)13-6-4-3-5-7-13/h8-9,13,16H,3-7,10-12H2,1-2H3/t16-/m0/s1. The lowest BCUT2D eigenvalue weighted by atomic mass is 9.88. The Morgan fingerprint density at radius 3 is 2.61 bits per heavy atom. The quantitative estimate of drug-likeness (QED) is 0.772. The summed E-state index contributed by atoms with van der Waals surface area (Å²) >= 11 is 0. The number of hydrogen-bond donors (Lipinski definition) is 0. The van der Waals surface area contributed by atoms with E-state index in [4.69, 9.17) is 4.74 Å². The van der Waals surface area contributed by atoms with Crippen LogP contribution in [-0.2, 0) is 23.6 Å². The van der Waals surface area contributed by atoms with E-state index < -0.39 is 5.69 Å². The van der Waals surface area contributed by atoms with Crippen molar-refractivity contribution in [3.63, 3.8) is 0 Å². The van der Waals surface area contributed by atoms with Crippen LogP contribution in [0.2, 0.25) is 0 Å². The van der Waals surface area contributed by atoms with Gasteiger partial charge in [-0.3, -0.25) is 18.7 Å². The molecule has 2 aliphatic rings. The first-order chi connectivity index (χ1) is 13.5. The van der Waals surface area contributed by atoms with Gasteiger partial charge in [0.25, 0.3) is 5.56 Å². The van der Waals surface area contributed by atoms with Gasteiger partial charge < -0.3 is 9.64 Å². The van der Waals surface area contributed by atoms with E-state index in [-0.39, 0.29) is 23.5 Å². The van der Waals surface area contributed by atoms with Crippen molar-refractivity contribution in [2.75, 3.05) is 19.7 Å². The van der Waals surface area contributed by atoms with E-state index in [1.807, 2.05) is 4.90 Å². The molecule has 8 heteroatoms. The molecule has 1 saturated carbocycles. The fourth-order valence-electron chi connectivity index (χ4n) is 4.28. The highest BCUT2D eigenvalue weighted by molar-refractivity contribution is 5.79. The highest BCUT2D eigenvalue weighted by atomic mass is 16.5. The minimum Gasteiger partial charge on any atom is -0.368 e. The number of pyridine rings is 1. The number of rotatable bonds is 2. The maximum Gasteiger partial charge on any atom is 0.332 e. The highest BCUT2D eigenvalue weighted by Crippen LogP contribution is 2.28. The predicted molar refractivity (Wildman–Crippen MR) is 104 cm³/mol. The second-order valence-corrected chi connectivity index (χ2v) is 7.79. The summed E-state index contributed by atoms with van der Waals surface area (Å²) in [7, 11) is 3.05. The van der Waals surface area contributed by atoms with Crippen molar-refractivity contribution >= 4 is 16.9 Å². The average Bonchev–Trinajstić information content (AvgIpc) is 2.76. The number of nitrogens with zero attached hydrogens (tertiary/aromatic N) is 4. The first-order valence-corrected chi connectivity index (χ1v) is 9.94. The van der Waals surface area contributed by atoms with Gasteiger partial charge in [0, 0.05) is 26.6 Å². The number of carbonyl (C=O) groups is 1. The van der Waals surface area contributed by atoms with Crippen LogP contribution >= 0.6 is 0 Å². The maximum absolute atomic E-state index is 12.9. The van der Waals surface area contributed by atoms with Crippen LogP contribution < -0.4 is 11.2 Å². The average molecular weight is 386 g/mol. The van der Waals surface area contributed by atoms with Crippen molar-refractivity contribution in [3.8, 4) is 0 Å². The van der Waals surface area contributed by atoms with Crippen LogP contribution in [0.25, 0.3) is 11.0 Å². The SMILES string of the molecule is Cn1c(=O)c2ccc([C@@H]3CN(C(=O)C4CCCCC4)CCO3)nc2n(C)c1=O. The molecule has 2 aromatic rings. The van der Waals surface area contributed by atoms with Crippen LogP contribution in [0.3, 0.4) is 0 Å². The van der Waals surface area contributed by atoms with Crippen LogP contribution in [0.4, 0.5) is 0 Å². The van der Waals surface area contributed by atoms with Gasteiger partial charge in [0.2, 0.25) is 5.91 Å². The molecule has 1 aliphatic heterocycles. The molecule has 28 heavy (non-hydrogen) atoms.